The molecule has 0 bridgehead atoms. The van der Waals surface area contributed by atoms with Crippen molar-refractivity contribution in [3.63, 3.8) is 0 Å². The third-order valence-corrected chi connectivity index (χ3v) is 2.21. The lowest BCUT2D eigenvalue weighted by molar-refractivity contribution is -0.118. The van der Waals surface area contributed by atoms with E-state index in [9.17, 15) is 4.79 Å². The van der Waals surface area contributed by atoms with Gasteiger partial charge in [0.25, 0.3) is 0 Å². The van der Waals surface area contributed by atoms with Gasteiger partial charge in [-0.05, 0) is 32.3 Å². The van der Waals surface area contributed by atoms with Gasteiger partial charge in [0.1, 0.15) is 0 Å². The van der Waals surface area contributed by atoms with Gasteiger partial charge >= 0.3 is 0 Å². The van der Waals surface area contributed by atoms with Crippen LogP contribution in [-0.2, 0) is 4.79 Å². The molecule has 1 aliphatic rings. The zero-order valence-electron chi connectivity index (χ0n) is 7.18. The molecule has 11 heavy (non-hydrogen) atoms. The van der Waals surface area contributed by atoms with Gasteiger partial charge in [-0.2, -0.15) is 0 Å². The Labute approximate surface area is 67.8 Å². The van der Waals surface area contributed by atoms with Gasteiger partial charge in [-0.3, -0.25) is 4.79 Å². The highest BCUT2D eigenvalue weighted by molar-refractivity contribution is 5.98. The minimum Gasteiger partial charge on any atom is -0.294 e. The normalized spacial score (nSPS) is 24.7. The molecule has 0 saturated carbocycles. The Bertz CT molecular complexity index is 223. The minimum absolute atomic E-state index is 0.0972. The van der Waals surface area contributed by atoms with Crippen molar-refractivity contribution in [2.75, 3.05) is 0 Å². The summed E-state index contributed by atoms with van der Waals surface area (Å²) in [4.78, 5) is 11.4. The topological polar surface area (TPSA) is 17.1 Å². The first kappa shape index (κ1) is 8.25. The Morgan fingerprint density at radius 3 is 2.82 bits per heavy atom. The van der Waals surface area contributed by atoms with E-state index >= 15 is 0 Å². The molecular formula is C10H14O. The molecule has 0 aliphatic heterocycles. The van der Waals surface area contributed by atoms with Crippen LogP contribution in [0.25, 0.3) is 0 Å². The van der Waals surface area contributed by atoms with E-state index in [1.165, 1.54) is 0 Å². The molecule has 0 N–H and O–H groups in total. The molecule has 1 unspecified atom stereocenters. The van der Waals surface area contributed by atoms with Gasteiger partial charge in [0.15, 0.2) is 5.78 Å². The van der Waals surface area contributed by atoms with E-state index in [0.29, 0.717) is 0 Å². The summed E-state index contributed by atoms with van der Waals surface area (Å²) in [5.74, 6) is 0.365. The first-order valence-electron chi connectivity index (χ1n) is 3.99. The molecule has 0 aromatic heterocycles. The summed E-state index contributed by atoms with van der Waals surface area (Å²) in [5.41, 5.74) is 1.91. The highest BCUT2D eigenvalue weighted by Crippen LogP contribution is 2.25. The number of Topliss-reactive ketones (excluding diaryl/α,β-unsaturated/α-hetero) is 1. The molecule has 0 spiro atoms. The molecule has 0 amide bonds. The molecule has 1 rings (SSSR count). The summed E-state index contributed by atoms with van der Waals surface area (Å²) in [5, 5.41) is 0. The van der Waals surface area contributed by atoms with Crippen molar-refractivity contribution in [1.82, 2.24) is 0 Å². The van der Waals surface area contributed by atoms with Gasteiger partial charge in [0.2, 0.25) is 0 Å². The maximum Gasteiger partial charge on any atom is 0.165 e. The smallest absolute Gasteiger partial charge is 0.165 e. The first-order chi connectivity index (χ1) is 5.13. The second-order valence-corrected chi connectivity index (χ2v) is 3.23. The van der Waals surface area contributed by atoms with Crippen LogP contribution in [0.1, 0.15) is 26.7 Å². The van der Waals surface area contributed by atoms with E-state index in [2.05, 4.69) is 6.58 Å². The number of rotatable bonds is 1. The number of hydrogen-bond acceptors (Lipinski definition) is 1. The van der Waals surface area contributed by atoms with Crippen LogP contribution in [0.3, 0.4) is 0 Å². The van der Waals surface area contributed by atoms with Gasteiger partial charge < -0.3 is 0 Å². The molecule has 0 saturated heterocycles. The second kappa shape index (κ2) is 3.04. The van der Waals surface area contributed by atoms with Crippen LogP contribution in [0, 0.1) is 5.92 Å². The summed E-state index contributed by atoms with van der Waals surface area (Å²) < 4.78 is 0. The average Bonchev–Trinajstić information content (AvgIpc) is 1.94. The van der Waals surface area contributed by atoms with E-state index in [1.54, 1.807) is 0 Å². The van der Waals surface area contributed by atoms with E-state index in [-0.39, 0.29) is 11.7 Å². The molecule has 0 fully saturated rings. The molecule has 1 aliphatic carbocycles. The fraction of sp³-hybridized carbons (Fsp3) is 0.500. The quantitative estimate of drug-likeness (QED) is 0.525. The molecule has 1 heteroatoms. The van der Waals surface area contributed by atoms with Crippen molar-refractivity contribution < 1.29 is 4.79 Å². The Morgan fingerprint density at radius 1 is 1.73 bits per heavy atom. The van der Waals surface area contributed by atoms with Crippen molar-refractivity contribution in [3.8, 4) is 0 Å². The van der Waals surface area contributed by atoms with Crippen LogP contribution >= 0.6 is 0 Å². The molecule has 0 aromatic carbocycles. The summed E-state index contributed by atoms with van der Waals surface area (Å²) >= 11 is 0. The lowest BCUT2D eigenvalue weighted by Crippen LogP contribution is -2.19. The fourth-order valence-electron chi connectivity index (χ4n) is 1.44. The summed E-state index contributed by atoms with van der Waals surface area (Å²) in [6.45, 7) is 7.63. The van der Waals surface area contributed by atoms with Crippen LogP contribution in [0.4, 0.5) is 0 Å². The number of carbonyl (C=O) groups excluding carboxylic acids is 1. The van der Waals surface area contributed by atoms with Crippen LogP contribution < -0.4 is 0 Å². The highest BCUT2D eigenvalue weighted by Gasteiger charge is 2.22. The van der Waals surface area contributed by atoms with Gasteiger partial charge in [0.05, 0.1) is 0 Å². The molecule has 0 heterocycles. The van der Waals surface area contributed by atoms with Crippen molar-refractivity contribution in [3.05, 3.63) is 23.8 Å². The first-order valence-corrected chi connectivity index (χ1v) is 3.99. The summed E-state index contributed by atoms with van der Waals surface area (Å²) in [6, 6.07) is 0. The van der Waals surface area contributed by atoms with Crippen LogP contribution in [0.15, 0.2) is 23.8 Å². The molecule has 60 valence electrons. The monoisotopic (exact) mass is 150 g/mol. The van der Waals surface area contributed by atoms with E-state index in [1.807, 2.05) is 19.9 Å². The summed E-state index contributed by atoms with van der Waals surface area (Å²) in [6.07, 6.45) is 3.99. The predicted molar refractivity (Wildman–Crippen MR) is 46.3 cm³/mol. The Kier molecular flexibility index (Phi) is 2.28. The lowest BCUT2D eigenvalue weighted by Gasteiger charge is -2.19. The van der Waals surface area contributed by atoms with Crippen LogP contribution in [-0.4, -0.2) is 5.78 Å². The SMILES string of the molecule is C=C(C)C1CCC=C(C)C1=O. The van der Waals surface area contributed by atoms with Crippen molar-refractivity contribution in [1.29, 1.82) is 0 Å². The summed E-state index contributed by atoms with van der Waals surface area (Å²) in [7, 11) is 0. The number of carbonyl (C=O) groups is 1. The maximum absolute atomic E-state index is 11.4. The Morgan fingerprint density at radius 2 is 2.36 bits per heavy atom. The third-order valence-electron chi connectivity index (χ3n) is 2.21. The molecule has 1 nitrogen and oxygen atoms in total. The number of ketones is 1. The van der Waals surface area contributed by atoms with Crippen LogP contribution in [0.2, 0.25) is 0 Å². The molecule has 0 radical (unpaired) electrons. The Balaban J connectivity index is 2.81. The minimum atomic E-state index is 0.0972. The molecule has 1 atom stereocenters. The van der Waals surface area contributed by atoms with Crippen LogP contribution in [0.5, 0.6) is 0 Å². The average molecular weight is 150 g/mol. The van der Waals surface area contributed by atoms with Crippen molar-refractivity contribution in [2.24, 2.45) is 5.92 Å². The van der Waals surface area contributed by atoms with Crippen molar-refractivity contribution in [2.45, 2.75) is 26.7 Å². The standard InChI is InChI=1S/C10H14O/c1-7(2)9-6-4-5-8(3)10(9)11/h5,9H,1,4,6H2,2-3H3. The number of allylic oxidation sites excluding steroid dienone is 3. The van der Waals surface area contributed by atoms with Gasteiger partial charge in [0, 0.05) is 5.92 Å². The lowest BCUT2D eigenvalue weighted by atomic mass is 9.84. The van der Waals surface area contributed by atoms with E-state index < -0.39 is 0 Å². The molecule has 0 aromatic rings. The van der Waals surface area contributed by atoms with Gasteiger partial charge in [-0.25, -0.2) is 0 Å². The zero-order chi connectivity index (χ0) is 8.43. The Hall–Kier alpha value is -0.850. The second-order valence-electron chi connectivity index (χ2n) is 3.23. The van der Waals surface area contributed by atoms with E-state index in [4.69, 9.17) is 0 Å². The third kappa shape index (κ3) is 1.59. The number of hydrogen-bond donors (Lipinski definition) is 0. The largest absolute Gasteiger partial charge is 0.294 e. The van der Waals surface area contributed by atoms with Gasteiger partial charge in [-0.1, -0.05) is 18.2 Å². The predicted octanol–water partition coefficient (Wildman–Crippen LogP) is 2.49. The highest BCUT2D eigenvalue weighted by atomic mass is 16.1. The zero-order valence-corrected chi connectivity index (χ0v) is 7.18. The van der Waals surface area contributed by atoms with Gasteiger partial charge in [-0.15, -0.1) is 0 Å². The maximum atomic E-state index is 11.4. The van der Waals surface area contributed by atoms with E-state index in [0.717, 1.165) is 24.0 Å². The molecular weight excluding hydrogens is 136 g/mol. The fourth-order valence-corrected chi connectivity index (χ4v) is 1.44. The van der Waals surface area contributed by atoms with Crippen molar-refractivity contribution >= 4 is 5.78 Å².